The first-order chi connectivity index (χ1) is 15.7. The summed E-state index contributed by atoms with van der Waals surface area (Å²) in [6, 6.07) is 15.7. The van der Waals surface area contributed by atoms with E-state index in [1.54, 1.807) is 49.4 Å². The summed E-state index contributed by atoms with van der Waals surface area (Å²) in [6.45, 7) is 1.72. The van der Waals surface area contributed by atoms with E-state index in [1.165, 1.54) is 24.4 Å². The second kappa shape index (κ2) is 11.0. The number of nitrogens with one attached hydrogen (secondary N) is 2. The minimum Gasteiger partial charge on any atom is -0.423 e. The molecule has 3 rings (SSSR count). The van der Waals surface area contributed by atoms with Gasteiger partial charge in [-0.2, -0.15) is 5.10 Å². The molecule has 3 aromatic rings. The van der Waals surface area contributed by atoms with Crippen LogP contribution in [-0.4, -0.2) is 24.0 Å². The number of nitrogens with zero attached hydrogens (tertiary/aromatic N) is 1. The molecule has 3 aromatic carbocycles. The van der Waals surface area contributed by atoms with Crippen molar-refractivity contribution in [3.8, 4) is 5.75 Å². The third kappa shape index (κ3) is 6.55. The summed E-state index contributed by atoms with van der Waals surface area (Å²) < 4.78 is 5.28. The van der Waals surface area contributed by atoms with Crippen molar-refractivity contribution in [1.82, 2.24) is 5.43 Å². The van der Waals surface area contributed by atoms with Crippen LogP contribution in [-0.2, 0) is 9.59 Å². The van der Waals surface area contributed by atoms with Crippen LogP contribution in [0.4, 0.5) is 5.69 Å². The fourth-order valence-electron chi connectivity index (χ4n) is 2.58. The number of benzene rings is 3. The first kappa shape index (κ1) is 24.3. The van der Waals surface area contributed by atoms with Gasteiger partial charge < -0.3 is 10.1 Å². The number of ether oxygens (including phenoxy) is 1. The predicted molar refractivity (Wildman–Crippen MR) is 128 cm³/mol. The van der Waals surface area contributed by atoms with Crippen LogP contribution in [0, 0.1) is 6.92 Å². The summed E-state index contributed by atoms with van der Waals surface area (Å²) in [5, 5.41) is 7.28. The number of carbonyl (C=O) groups excluding carboxylic acids is 3. The maximum atomic E-state index is 12.2. The van der Waals surface area contributed by atoms with Crippen LogP contribution in [0.5, 0.6) is 5.75 Å². The highest BCUT2D eigenvalue weighted by atomic mass is 35.5. The van der Waals surface area contributed by atoms with Crippen LogP contribution in [0.1, 0.15) is 21.5 Å². The molecule has 0 aliphatic rings. The Kier molecular flexibility index (Phi) is 8.06. The third-order valence-electron chi connectivity index (χ3n) is 4.34. The largest absolute Gasteiger partial charge is 0.423 e. The Morgan fingerprint density at radius 1 is 0.909 bits per heavy atom. The molecule has 2 amide bonds. The van der Waals surface area contributed by atoms with E-state index < -0.39 is 17.8 Å². The first-order valence-corrected chi connectivity index (χ1v) is 10.5. The summed E-state index contributed by atoms with van der Waals surface area (Å²) in [4.78, 5) is 36.2. The molecule has 0 spiro atoms. The molecule has 0 aliphatic carbocycles. The Balaban J connectivity index is 1.54. The van der Waals surface area contributed by atoms with E-state index in [4.69, 9.17) is 39.5 Å². The summed E-state index contributed by atoms with van der Waals surface area (Å²) >= 11 is 17.8. The van der Waals surface area contributed by atoms with Gasteiger partial charge in [0.25, 0.3) is 0 Å². The normalized spacial score (nSPS) is 10.7. The van der Waals surface area contributed by atoms with Crippen LogP contribution in [0.15, 0.2) is 65.8 Å². The number of rotatable bonds is 5. The van der Waals surface area contributed by atoms with Gasteiger partial charge in [-0.3, -0.25) is 9.59 Å². The number of hydrogen-bond donors (Lipinski definition) is 2. The van der Waals surface area contributed by atoms with Crippen LogP contribution < -0.4 is 15.5 Å². The average Bonchev–Trinajstić information content (AvgIpc) is 2.77. The van der Waals surface area contributed by atoms with Gasteiger partial charge in [0.2, 0.25) is 0 Å². The molecule has 0 bridgehead atoms. The topological polar surface area (TPSA) is 96.9 Å². The Morgan fingerprint density at radius 2 is 1.64 bits per heavy atom. The van der Waals surface area contributed by atoms with Crippen molar-refractivity contribution in [2.24, 2.45) is 5.10 Å². The molecule has 0 radical (unpaired) electrons. The zero-order valence-corrected chi connectivity index (χ0v) is 19.3. The molecular formula is C23H16Cl3N3O4. The molecule has 0 fully saturated rings. The lowest BCUT2D eigenvalue weighted by Gasteiger charge is -2.08. The molecule has 0 atom stereocenters. The van der Waals surface area contributed by atoms with E-state index in [-0.39, 0.29) is 16.3 Å². The molecular weight excluding hydrogens is 489 g/mol. The van der Waals surface area contributed by atoms with Crippen LogP contribution in [0.25, 0.3) is 0 Å². The second-order valence-corrected chi connectivity index (χ2v) is 7.90. The van der Waals surface area contributed by atoms with Crippen LogP contribution in [0.3, 0.4) is 0 Å². The monoisotopic (exact) mass is 503 g/mol. The molecule has 0 aliphatic heterocycles. The number of hydrogen-bond acceptors (Lipinski definition) is 5. The second-order valence-electron chi connectivity index (χ2n) is 6.65. The Labute approximate surface area is 204 Å². The Hall–Kier alpha value is -3.39. The molecule has 2 N–H and O–H groups in total. The van der Waals surface area contributed by atoms with Crippen molar-refractivity contribution in [3.05, 3.63) is 92.4 Å². The van der Waals surface area contributed by atoms with Crippen LogP contribution in [0.2, 0.25) is 15.1 Å². The van der Waals surface area contributed by atoms with Crippen molar-refractivity contribution in [1.29, 1.82) is 0 Å². The maximum Gasteiger partial charge on any atom is 0.345 e. The number of hydrazone groups is 1. The minimum atomic E-state index is -0.948. The van der Waals surface area contributed by atoms with Gasteiger partial charge in [0.15, 0.2) is 0 Å². The van der Waals surface area contributed by atoms with Crippen molar-refractivity contribution < 1.29 is 19.1 Å². The van der Waals surface area contributed by atoms with Crippen molar-refractivity contribution in [2.45, 2.75) is 6.92 Å². The Morgan fingerprint density at radius 3 is 2.33 bits per heavy atom. The SMILES string of the molecule is Cc1c(Cl)cccc1NC(=O)C(=O)N/N=C/c1ccc(OC(=O)c2ccc(Cl)cc2Cl)cc1. The smallest absolute Gasteiger partial charge is 0.345 e. The van der Waals surface area contributed by atoms with Crippen molar-refractivity contribution in [2.75, 3.05) is 5.32 Å². The van der Waals surface area contributed by atoms with Crippen molar-refractivity contribution >= 4 is 64.5 Å². The molecule has 33 heavy (non-hydrogen) atoms. The summed E-state index contributed by atoms with van der Waals surface area (Å²) in [5.74, 6) is -2.19. The molecule has 0 unspecified atom stereocenters. The first-order valence-electron chi connectivity index (χ1n) is 9.41. The molecule has 168 valence electrons. The van der Waals surface area contributed by atoms with E-state index in [2.05, 4.69) is 15.8 Å². The van der Waals surface area contributed by atoms with Gasteiger partial charge in [-0.05, 0) is 72.6 Å². The fraction of sp³-hybridized carbons (Fsp3) is 0.0435. The fourth-order valence-corrected chi connectivity index (χ4v) is 3.24. The summed E-state index contributed by atoms with van der Waals surface area (Å²) in [6.07, 6.45) is 1.33. The van der Waals surface area contributed by atoms with Gasteiger partial charge >= 0.3 is 17.8 Å². The zero-order chi connectivity index (χ0) is 24.0. The van der Waals surface area contributed by atoms with Gasteiger partial charge in [-0.1, -0.05) is 40.9 Å². The number of anilines is 1. The molecule has 0 saturated heterocycles. The van der Waals surface area contributed by atoms with Gasteiger partial charge in [-0.15, -0.1) is 0 Å². The molecule has 0 aromatic heterocycles. The van der Waals surface area contributed by atoms with E-state index in [1.807, 2.05) is 0 Å². The van der Waals surface area contributed by atoms with Crippen molar-refractivity contribution in [3.63, 3.8) is 0 Å². The third-order valence-corrected chi connectivity index (χ3v) is 5.30. The summed E-state index contributed by atoms with van der Waals surface area (Å²) in [7, 11) is 0. The highest BCUT2D eigenvalue weighted by molar-refractivity contribution is 6.40. The number of carbonyl (C=O) groups is 3. The predicted octanol–water partition coefficient (Wildman–Crippen LogP) is 5.26. The van der Waals surface area contributed by atoms with E-state index >= 15 is 0 Å². The standard InChI is InChI=1S/C23H16Cl3N3O4/c1-13-18(25)3-2-4-20(13)28-21(30)22(31)29-27-12-14-5-8-16(9-6-14)33-23(32)17-10-7-15(24)11-19(17)26/h2-12H,1H3,(H,28,30)(H,29,31)/b27-12+. The lowest BCUT2D eigenvalue weighted by atomic mass is 10.2. The van der Waals surface area contributed by atoms with E-state index in [0.717, 1.165) is 0 Å². The summed E-state index contributed by atoms with van der Waals surface area (Å²) in [5.41, 5.74) is 3.98. The quantitative estimate of drug-likeness (QED) is 0.163. The zero-order valence-electron chi connectivity index (χ0n) is 17.1. The highest BCUT2D eigenvalue weighted by Crippen LogP contribution is 2.24. The van der Waals surface area contributed by atoms with E-state index in [9.17, 15) is 14.4 Å². The van der Waals surface area contributed by atoms with Crippen LogP contribution >= 0.6 is 34.8 Å². The van der Waals surface area contributed by atoms with Gasteiger partial charge in [0, 0.05) is 15.7 Å². The number of esters is 1. The van der Waals surface area contributed by atoms with Gasteiger partial charge in [0.05, 0.1) is 16.8 Å². The average molecular weight is 505 g/mol. The van der Waals surface area contributed by atoms with E-state index in [0.29, 0.717) is 26.9 Å². The molecule has 7 nitrogen and oxygen atoms in total. The van der Waals surface area contributed by atoms with Gasteiger partial charge in [-0.25, -0.2) is 10.2 Å². The molecule has 10 heteroatoms. The minimum absolute atomic E-state index is 0.181. The number of halogens is 3. The Bertz CT molecular complexity index is 1240. The maximum absolute atomic E-state index is 12.2. The lowest BCUT2D eigenvalue weighted by Crippen LogP contribution is -2.32. The lowest BCUT2D eigenvalue weighted by molar-refractivity contribution is -0.136. The highest BCUT2D eigenvalue weighted by Gasteiger charge is 2.15. The molecule has 0 saturated carbocycles. The molecule has 0 heterocycles. The van der Waals surface area contributed by atoms with Gasteiger partial charge in [0.1, 0.15) is 5.75 Å². The number of amides is 2.